The third kappa shape index (κ3) is 6.31. The van der Waals surface area contributed by atoms with E-state index in [0.29, 0.717) is 5.69 Å². The Hall–Kier alpha value is -3.41. The van der Waals surface area contributed by atoms with Crippen LogP contribution in [0.4, 0.5) is 11.6 Å². The Morgan fingerprint density at radius 3 is 2.55 bits per heavy atom. The van der Waals surface area contributed by atoms with E-state index >= 15 is 0 Å². The van der Waals surface area contributed by atoms with Crippen molar-refractivity contribution in [3.05, 3.63) is 76.6 Å². The van der Waals surface area contributed by atoms with E-state index in [4.69, 9.17) is 5.73 Å². The molecule has 0 atom stereocenters. The lowest BCUT2D eigenvalue weighted by Gasteiger charge is -2.07. The van der Waals surface area contributed by atoms with Crippen LogP contribution in [0.3, 0.4) is 0 Å². The zero-order chi connectivity index (χ0) is 20.5. The lowest BCUT2D eigenvalue weighted by molar-refractivity contribution is 0.667. The van der Waals surface area contributed by atoms with E-state index in [-0.39, 0.29) is 17.5 Å². The maximum atomic E-state index is 12.0. The number of unbranched alkanes of at least 4 members (excludes halogenated alkanes) is 3. The molecule has 150 valence electrons. The monoisotopic (exact) mass is 389 g/mol. The number of hydrogen-bond acceptors (Lipinski definition) is 3. The summed E-state index contributed by atoms with van der Waals surface area (Å²) in [5.41, 5.74) is 9.27. The van der Waals surface area contributed by atoms with Gasteiger partial charge in [0.2, 0.25) is 11.9 Å². The molecule has 3 aromatic rings. The predicted molar refractivity (Wildman–Crippen MR) is 119 cm³/mol. The van der Waals surface area contributed by atoms with Crippen LogP contribution >= 0.6 is 0 Å². The van der Waals surface area contributed by atoms with Crippen molar-refractivity contribution in [3.8, 4) is 11.3 Å². The van der Waals surface area contributed by atoms with Gasteiger partial charge in [0.25, 0.3) is 5.56 Å². The molecule has 3 rings (SSSR count). The minimum atomic E-state index is -0.280. The Labute approximate surface area is 170 Å². The van der Waals surface area contributed by atoms with Crippen molar-refractivity contribution in [2.75, 3.05) is 5.32 Å². The summed E-state index contributed by atoms with van der Waals surface area (Å²) in [6.07, 6.45) is 6.09. The fraction of sp³-hybridized carbons (Fsp3) is 0.261. The van der Waals surface area contributed by atoms with Crippen LogP contribution in [0.2, 0.25) is 0 Å². The van der Waals surface area contributed by atoms with Gasteiger partial charge in [0.15, 0.2) is 0 Å². The van der Waals surface area contributed by atoms with Crippen molar-refractivity contribution in [2.45, 2.75) is 39.0 Å². The van der Waals surface area contributed by atoms with Crippen molar-refractivity contribution in [1.82, 2.24) is 9.97 Å². The van der Waals surface area contributed by atoms with Crippen LogP contribution in [0.25, 0.3) is 11.3 Å². The van der Waals surface area contributed by atoms with Gasteiger partial charge in [0, 0.05) is 17.3 Å². The summed E-state index contributed by atoms with van der Waals surface area (Å²) in [7, 11) is 0. The topological polar surface area (TPSA) is 96.2 Å². The number of H-pyrrole nitrogens is 1. The van der Waals surface area contributed by atoms with Gasteiger partial charge in [0.1, 0.15) is 0 Å². The SMILES string of the molecule is CCCCCCc1ccc(N/C(N)=N/c2nc(-c3ccccc3)cc(=O)[nH]2)cc1. The molecule has 6 heteroatoms. The van der Waals surface area contributed by atoms with E-state index in [1.165, 1.54) is 37.3 Å². The Balaban J connectivity index is 1.67. The van der Waals surface area contributed by atoms with E-state index in [1.54, 1.807) is 0 Å². The lowest BCUT2D eigenvalue weighted by atomic mass is 10.1. The maximum Gasteiger partial charge on any atom is 0.252 e. The summed E-state index contributed by atoms with van der Waals surface area (Å²) in [4.78, 5) is 23.2. The van der Waals surface area contributed by atoms with Crippen molar-refractivity contribution in [2.24, 2.45) is 10.7 Å². The fourth-order valence-corrected chi connectivity index (χ4v) is 3.06. The molecule has 0 radical (unpaired) electrons. The summed E-state index contributed by atoms with van der Waals surface area (Å²) < 4.78 is 0. The molecule has 1 aromatic heterocycles. The number of aliphatic imine (C=N–C) groups is 1. The highest BCUT2D eigenvalue weighted by Crippen LogP contribution is 2.17. The number of aryl methyl sites for hydroxylation is 1. The van der Waals surface area contributed by atoms with Gasteiger partial charge in [-0.25, -0.2) is 4.98 Å². The molecule has 0 amide bonds. The lowest BCUT2D eigenvalue weighted by Crippen LogP contribution is -2.22. The average molecular weight is 390 g/mol. The van der Waals surface area contributed by atoms with E-state index < -0.39 is 0 Å². The van der Waals surface area contributed by atoms with Gasteiger partial charge in [0.05, 0.1) is 5.69 Å². The molecule has 29 heavy (non-hydrogen) atoms. The van der Waals surface area contributed by atoms with Gasteiger partial charge in [-0.3, -0.25) is 9.78 Å². The van der Waals surface area contributed by atoms with Crippen molar-refractivity contribution in [1.29, 1.82) is 0 Å². The summed E-state index contributed by atoms with van der Waals surface area (Å²) in [5.74, 6) is 0.322. The number of aromatic nitrogens is 2. The second-order valence-electron chi connectivity index (χ2n) is 6.95. The molecule has 0 saturated heterocycles. The van der Waals surface area contributed by atoms with Gasteiger partial charge in [-0.2, -0.15) is 4.99 Å². The number of nitrogens with zero attached hydrogens (tertiary/aromatic N) is 2. The number of nitrogens with two attached hydrogens (primary N) is 1. The molecule has 2 aromatic carbocycles. The van der Waals surface area contributed by atoms with E-state index in [1.807, 2.05) is 42.5 Å². The molecule has 0 spiro atoms. The minimum Gasteiger partial charge on any atom is -0.369 e. The highest BCUT2D eigenvalue weighted by atomic mass is 16.1. The van der Waals surface area contributed by atoms with E-state index in [0.717, 1.165) is 17.7 Å². The third-order valence-electron chi connectivity index (χ3n) is 4.57. The molecule has 6 nitrogen and oxygen atoms in total. The molecule has 0 unspecified atom stereocenters. The van der Waals surface area contributed by atoms with Crippen LogP contribution in [0.5, 0.6) is 0 Å². The molecule has 0 aliphatic carbocycles. The highest BCUT2D eigenvalue weighted by Gasteiger charge is 2.04. The zero-order valence-electron chi connectivity index (χ0n) is 16.7. The van der Waals surface area contributed by atoms with Crippen molar-refractivity contribution >= 4 is 17.6 Å². The maximum absolute atomic E-state index is 12.0. The molecule has 0 fully saturated rings. The first-order valence-corrected chi connectivity index (χ1v) is 10.0. The van der Waals surface area contributed by atoms with Crippen LogP contribution in [-0.4, -0.2) is 15.9 Å². The van der Waals surface area contributed by atoms with Crippen LogP contribution in [0, 0.1) is 0 Å². The Morgan fingerprint density at radius 1 is 1.07 bits per heavy atom. The molecule has 0 aliphatic heterocycles. The van der Waals surface area contributed by atoms with E-state index in [2.05, 4.69) is 39.3 Å². The smallest absolute Gasteiger partial charge is 0.252 e. The first-order chi connectivity index (χ1) is 14.1. The second kappa shape index (κ2) is 10.2. The number of hydrogen-bond donors (Lipinski definition) is 3. The molecule has 0 bridgehead atoms. The van der Waals surface area contributed by atoms with Crippen LogP contribution in [-0.2, 0) is 6.42 Å². The van der Waals surface area contributed by atoms with E-state index in [9.17, 15) is 4.79 Å². The average Bonchev–Trinajstić information content (AvgIpc) is 2.72. The Kier molecular flexibility index (Phi) is 7.16. The minimum absolute atomic E-state index is 0.161. The van der Waals surface area contributed by atoms with Crippen molar-refractivity contribution < 1.29 is 0 Å². The fourth-order valence-electron chi connectivity index (χ4n) is 3.06. The normalized spacial score (nSPS) is 11.4. The van der Waals surface area contributed by atoms with Gasteiger partial charge < -0.3 is 11.1 Å². The van der Waals surface area contributed by atoms with Crippen LogP contribution < -0.4 is 16.6 Å². The first-order valence-electron chi connectivity index (χ1n) is 10.0. The summed E-state index contributed by atoms with van der Waals surface area (Å²) >= 11 is 0. The number of guanidine groups is 1. The summed E-state index contributed by atoms with van der Waals surface area (Å²) in [5, 5.41) is 3.04. The van der Waals surface area contributed by atoms with Gasteiger partial charge >= 0.3 is 0 Å². The Morgan fingerprint density at radius 2 is 1.83 bits per heavy atom. The molecular formula is C23H27N5O. The predicted octanol–water partition coefficient (Wildman–Crippen LogP) is 4.62. The molecule has 4 N–H and O–H groups in total. The van der Waals surface area contributed by atoms with Crippen molar-refractivity contribution in [3.63, 3.8) is 0 Å². The number of nitrogens with one attached hydrogen (secondary N) is 2. The van der Waals surface area contributed by atoms with Crippen LogP contribution in [0.15, 0.2) is 70.5 Å². The second-order valence-corrected chi connectivity index (χ2v) is 6.95. The van der Waals surface area contributed by atoms with Gasteiger partial charge in [-0.05, 0) is 30.5 Å². The molecular weight excluding hydrogens is 362 g/mol. The first kappa shape index (κ1) is 20.3. The number of rotatable bonds is 8. The number of aromatic amines is 1. The summed E-state index contributed by atoms with van der Waals surface area (Å²) in [6, 6.07) is 19.1. The molecule has 0 aliphatic rings. The zero-order valence-corrected chi connectivity index (χ0v) is 16.7. The summed E-state index contributed by atoms with van der Waals surface area (Å²) in [6.45, 7) is 2.22. The quantitative estimate of drug-likeness (QED) is 0.298. The number of benzene rings is 2. The molecule has 0 saturated carbocycles. The van der Waals surface area contributed by atoms with Gasteiger partial charge in [-0.1, -0.05) is 68.7 Å². The van der Waals surface area contributed by atoms with Gasteiger partial charge in [-0.15, -0.1) is 0 Å². The Bertz CT molecular complexity index is 994. The number of anilines is 1. The third-order valence-corrected chi connectivity index (χ3v) is 4.57. The highest BCUT2D eigenvalue weighted by molar-refractivity contribution is 5.93. The molecule has 1 heterocycles. The van der Waals surface area contributed by atoms with Crippen LogP contribution in [0.1, 0.15) is 38.2 Å². The standard InChI is InChI=1S/C23H27N5O/c1-2-3-4-6-9-17-12-14-19(15-13-17)25-22(24)28-23-26-20(16-21(29)27-23)18-10-7-5-8-11-18/h5,7-8,10-16H,2-4,6,9H2,1H3,(H4,24,25,26,27,28,29). The largest absolute Gasteiger partial charge is 0.369 e.